The lowest BCUT2D eigenvalue weighted by atomic mass is 10.2. The molecule has 0 bridgehead atoms. The third-order valence-corrected chi connectivity index (χ3v) is 3.67. The Morgan fingerprint density at radius 3 is 2.59 bits per heavy atom. The molecule has 0 saturated carbocycles. The molecule has 144 valence electrons. The van der Waals surface area contributed by atoms with Crippen molar-refractivity contribution in [1.82, 2.24) is 5.32 Å². The molecule has 0 aromatic heterocycles. The standard InChI is InChI=1S/C20H23ClN2O4/c1-14(2)23-20(24)13-27-22-11-16-6-9-18(19(10-16)25-3)26-12-15-4-7-17(21)8-5-15/h4-11,14H,12-13H2,1-3H3,(H,23,24)/b22-11-. The van der Waals surface area contributed by atoms with E-state index in [1.165, 1.54) is 6.21 Å². The molecule has 2 rings (SSSR count). The molecular formula is C20H23ClN2O4. The number of hydrogen-bond donors (Lipinski definition) is 1. The molecule has 0 aliphatic heterocycles. The fraction of sp³-hybridized carbons (Fsp3) is 0.300. The Morgan fingerprint density at radius 1 is 1.19 bits per heavy atom. The van der Waals surface area contributed by atoms with Gasteiger partial charge in [-0.25, -0.2) is 0 Å². The number of carbonyl (C=O) groups is 1. The average Bonchev–Trinajstić information content (AvgIpc) is 2.64. The van der Waals surface area contributed by atoms with E-state index in [4.69, 9.17) is 25.9 Å². The van der Waals surface area contributed by atoms with E-state index in [1.54, 1.807) is 19.2 Å². The topological polar surface area (TPSA) is 69.2 Å². The maximum atomic E-state index is 11.5. The molecule has 0 aliphatic carbocycles. The highest BCUT2D eigenvalue weighted by Crippen LogP contribution is 2.28. The quantitative estimate of drug-likeness (QED) is 0.522. The molecule has 6 nitrogen and oxygen atoms in total. The summed E-state index contributed by atoms with van der Waals surface area (Å²) in [6.45, 7) is 4.02. The van der Waals surface area contributed by atoms with Gasteiger partial charge in [-0.15, -0.1) is 0 Å². The van der Waals surface area contributed by atoms with Crippen LogP contribution in [-0.4, -0.2) is 31.9 Å². The number of methoxy groups -OCH3 is 1. The molecule has 27 heavy (non-hydrogen) atoms. The van der Waals surface area contributed by atoms with Crippen molar-refractivity contribution in [2.75, 3.05) is 13.7 Å². The number of carbonyl (C=O) groups excluding carboxylic acids is 1. The summed E-state index contributed by atoms with van der Waals surface area (Å²) in [5.41, 5.74) is 1.76. The van der Waals surface area contributed by atoms with Crippen molar-refractivity contribution in [2.24, 2.45) is 5.16 Å². The Labute approximate surface area is 164 Å². The molecule has 0 fully saturated rings. The number of rotatable bonds is 9. The summed E-state index contributed by atoms with van der Waals surface area (Å²) >= 11 is 5.88. The molecule has 0 unspecified atom stereocenters. The van der Waals surface area contributed by atoms with Crippen LogP contribution >= 0.6 is 11.6 Å². The molecule has 1 N–H and O–H groups in total. The van der Waals surface area contributed by atoms with Crippen LogP contribution in [0.4, 0.5) is 0 Å². The lowest BCUT2D eigenvalue weighted by Crippen LogP contribution is -2.32. The van der Waals surface area contributed by atoms with Gasteiger partial charge in [-0.2, -0.15) is 0 Å². The zero-order chi connectivity index (χ0) is 19.6. The predicted molar refractivity (Wildman–Crippen MR) is 106 cm³/mol. The first-order chi connectivity index (χ1) is 13.0. The first-order valence-electron chi connectivity index (χ1n) is 8.48. The van der Waals surface area contributed by atoms with Gasteiger partial charge in [0.2, 0.25) is 0 Å². The monoisotopic (exact) mass is 390 g/mol. The van der Waals surface area contributed by atoms with Crippen LogP contribution in [0.15, 0.2) is 47.6 Å². The third-order valence-electron chi connectivity index (χ3n) is 3.42. The number of hydrogen-bond acceptors (Lipinski definition) is 5. The zero-order valence-electron chi connectivity index (χ0n) is 15.6. The predicted octanol–water partition coefficient (Wildman–Crippen LogP) is 3.80. The van der Waals surface area contributed by atoms with E-state index in [2.05, 4.69) is 10.5 Å². The van der Waals surface area contributed by atoms with Gasteiger partial charge in [0, 0.05) is 16.6 Å². The molecular weight excluding hydrogens is 368 g/mol. The summed E-state index contributed by atoms with van der Waals surface area (Å²) in [6, 6.07) is 12.9. The van der Waals surface area contributed by atoms with Crippen molar-refractivity contribution in [1.29, 1.82) is 0 Å². The SMILES string of the molecule is COc1cc(/C=N\OCC(=O)NC(C)C)ccc1OCc1ccc(Cl)cc1. The Bertz CT molecular complexity index is 776. The van der Waals surface area contributed by atoms with Gasteiger partial charge < -0.3 is 19.6 Å². The van der Waals surface area contributed by atoms with Crippen LogP contribution in [0, 0.1) is 0 Å². The maximum Gasteiger partial charge on any atom is 0.260 e. The number of halogens is 1. The minimum atomic E-state index is -0.217. The van der Waals surface area contributed by atoms with Gasteiger partial charge in [0.15, 0.2) is 18.1 Å². The van der Waals surface area contributed by atoms with Gasteiger partial charge in [0.05, 0.1) is 13.3 Å². The van der Waals surface area contributed by atoms with Crippen molar-refractivity contribution in [2.45, 2.75) is 26.5 Å². The number of nitrogens with one attached hydrogen (secondary N) is 1. The van der Waals surface area contributed by atoms with Crippen molar-refractivity contribution >= 4 is 23.7 Å². The van der Waals surface area contributed by atoms with Gasteiger partial charge in [-0.3, -0.25) is 4.79 Å². The summed E-state index contributed by atoms with van der Waals surface area (Å²) in [4.78, 5) is 16.5. The van der Waals surface area contributed by atoms with E-state index in [9.17, 15) is 4.79 Å². The van der Waals surface area contributed by atoms with Crippen molar-refractivity contribution < 1.29 is 19.1 Å². The maximum absolute atomic E-state index is 11.5. The normalized spacial score (nSPS) is 10.9. The molecule has 0 saturated heterocycles. The van der Waals surface area contributed by atoms with Crippen molar-refractivity contribution in [3.05, 3.63) is 58.6 Å². The van der Waals surface area contributed by atoms with Crippen LogP contribution in [0.2, 0.25) is 5.02 Å². The van der Waals surface area contributed by atoms with Crippen LogP contribution in [0.3, 0.4) is 0 Å². The first kappa shape index (κ1) is 20.6. The Hall–Kier alpha value is -2.73. The third kappa shape index (κ3) is 7.19. The number of nitrogens with zero attached hydrogens (tertiary/aromatic N) is 1. The van der Waals surface area contributed by atoms with E-state index in [1.807, 2.05) is 44.2 Å². The highest BCUT2D eigenvalue weighted by molar-refractivity contribution is 6.30. The minimum Gasteiger partial charge on any atom is -0.493 e. The second-order valence-electron chi connectivity index (χ2n) is 6.06. The molecule has 2 aromatic rings. The first-order valence-corrected chi connectivity index (χ1v) is 8.85. The summed E-state index contributed by atoms with van der Waals surface area (Å²) in [5, 5.41) is 7.20. The van der Waals surface area contributed by atoms with Crippen LogP contribution in [0.25, 0.3) is 0 Å². The van der Waals surface area contributed by atoms with Crippen LogP contribution in [0.1, 0.15) is 25.0 Å². The molecule has 0 atom stereocenters. The van der Waals surface area contributed by atoms with Gasteiger partial charge in [-0.05, 0) is 49.7 Å². The van der Waals surface area contributed by atoms with Gasteiger partial charge in [0.1, 0.15) is 6.61 Å². The lowest BCUT2D eigenvalue weighted by molar-refractivity contribution is -0.126. The summed E-state index contributed by atoms with van der Waals surface area (Å²) in [7, 11) is 1.57. The highest BCUT2D eigenvalue weighted by atomic mass is 35.5. The second-order valence-corrected chi connectivity index (χ2v) is 6.49. The van der Waals surface area contributed by atoms with E-state index in [0.717, 1.165) is 11.1 Å². The van der Waals surface area contributed by atoms with Crippen LogP contribution < -0.4 is 14.8 Å². The Kier molecular flexibility index (Phi) is 7.95. The fourth-order valence-electron chi connectivity index (χ4n) is 2.18. The van der Waals surface area contributed by atoms with E-state index in [0.29, 0.717) is 23.1 Å². The number of ether oxygens (including phenoxy) is 2. The molecule has 7 heteroatoms. The molecule has 2 aromatic carbocycles. The number of amides is 1. The van der Waals surface area contributed by atoms with Crippen LogP contribution in [0.5, 0.6) is 11.5 Å². The second kappa shape index (κ2) is 10.4. The molecule has 0 radical (unpaired) electrons. The largest absolute Gasteiger partial charge is 0.493 e. The van der Waals surface area contributed by atoms with Gasteiger partial charge >= 0.3 is 0 Å². The Balaban J connectivity index is 1.91. The summed E-state index contributed by atoms with van der Waals surface area (Å²) in [5.74, 6) is 0.970. The van der Waals surface area contributed by atoms with Gasteiger partial charge in [0.25, 0.3) is 5.91 Å². The molecule has 1 amide bonds. The average molecular weight is 391 g/mol. The molecule has 0 spiro atoms. The minimum absolute atomic E-state index is 0.0646. The van der Waals surface area contributed by atoms with Crippen molar-refractivity contribution in [3.63, 3.8) is 0 Å². The smallest absolute Gasteiger partial charge is 0.260 e. The molecule has 0 aliphatic rings. The summed E-state index contributed by atoms with van der Waals surface area (Å²) in [6.07, 6.45) is 1.51. The Morgan fingerprint density at radius 2 is 1.93 bits per heavy atom. The number of benzene rings is 2. The fourth-order valence-corrected chi connectivity index (χ4v) is 2.31. The summed E-state index contributed by atoms with van der Waals surface area (Å²) < 4.78 is 11.2. The molecule has 0 heterocycles. The number of oxime groups is 1. The lowest BCUT2D eigenvalue weighted by Gasteiger charge is -2.11. The van der Waals surface area contributed by atoms with E-state index < -0.39 is 0 Å². The van der Waals surface area contributed by atoms with Crippen LogP contribution in [-0.2, 0) is 16.2 Å². The zero-order valence-corrected chi connectivity index (χ0v) is 16.3. The van der Waals surface area contributed by atoms with Gasteiger partial charge in [-0.1, -0.05) is 28.9 Å². The highest BCUT2D eigenvalue weighted by Gasteiger charge is 2.06. The van der Waals surface area contributed by atoms with E-state index >= 15 is 0 Å². The van der Waals surface area contributed by atoms with E-state index in [-0.39, 0.29) is 18.6 Å². The van der Waals surface area contributed by atoms with Crippen molar-refractivity contribution in [3.8, 4) is 11.5 Å².